The maximum absolute atomic E-state index is 12.7. The van der Waals surface area contributed by atoms with Crippen molar-refractivity contribution in [3.05, 3.63) is 82.6 Å². The van der Waals surface area contributed by atoms with Crippen LogP contribution in [0, 0.1) is 0 Å². The van der Waals surface area contributed by atoms with Crippen molar-refractivity contribution in [1.82, 2.24) is 5.32 Å². The first-order valence-corrected chi connectivity index (χ1v) is 10.7. The summed E-state index contributed by atoms with van der Waals surface area (Å²) in [7, 11) is 1.35. The van der Waals surface area contributed by atoms with E-state index in [9.17, 15) is 14.7 Å². The molecule has 1 amide bonds. The summed E-state index contributed by atoms with van der Waals surface area (Å²) >= 11 is 0. The van der Waals surface area contributed by atoms with E-state index in [2.05, 4.69) is 5.32 Å². The van der Waals surface area contributed by atoms with Gasteiger partial charge in [0.05, 0.1) is 25.9 Å². The molecule has 2 N–H and O–H groups in total. The maximum atomic E-state index is 12.7. The number of hydrogen-bond donors (Lipinski definition) is 2. The van der Waals surface area contributed by atoms with Crippen molar-refractivity contribution >= 4 is 11.9 Å². The predicted molar refractivity (Wildman–Crippen MR) is 116 cm³/mol. The monoisotopic (exact) mass is 437 g/mol. The molecule has 1 aliphatic heterocycles. The summed E-state index contributed by atoms with van der Waals surface area (Å²) in [6.07, 6.45) is 3.73. The van der Waals surface area contributed by atoms with Gasteiger partial charge < -0.3 is 24.6 Å². The molecule has 1 aliphatic carbocycles. The Morgan fingerprint density at radius 2 is 1.75 bits per heavy atom. The molecule has 2 aliphatic rings. The molecule has 0 spiro atoms. The van der Waals surface area contributed by atoms with Gasteiger partial charge in [-0.2, -0.15) is 0 Å². The van der Waals surface area contributed by atoms with Gasteiger partial charge in [0.2, 0.25) is 6.29 Å². The van der Waals surface area contributed by atoms with E-state index in [4.69, 9.17) is 14.2 Å². The molecule has 0 radical (unpaired) electrons. The first kappa shape index (κ1) is 22.0. The van der Waals surface area contributed by atoms with E-state index in [-0.39, 0.29) is 30.2 Å². The van der Waals surface area contributed by atoms with Crippen LogP contribution < -0.4 is 5.32 Å². The second kappa shape index (κ2) is 9.97. The molecule has 32 heavy (non-hydrogen) atoms. The fourth-order valence-corrected chi connectivity index (χ4v) is 3.55. The van der Waals surface area contributed by atoms with E-state index in [1.807, 2.05) is 42.5 Å². The van der Waals surface area contributed by atoms with E-state index in [1.165, 1.54) is 7.11 Å². The Morgan fingerprint density at radius 3 is 2.38 bits per heavy atom. The Morgan fingerprint density at radius 1 is 1.06 bits per heavy atom. The minimum atomic E-state index is -0.595. The van der Waals surface area contributed by atoms with Gasteiger partial charge in [0, 0.05) is 18.4 Å². The van der Waals surface area contributed by atoms with Crippen LogP contribution in [0.25, 0.3) is 0 Å². The van der Waals surface area contributed by atoms with Crippen LogP contribution in [0.5, 0.6) is 0 Å². The Hall–Kier alpha value is -3.16. The number of methoxy groups -OCH3 is 1. The number of ether oxygens (including phenoxy) is 3. The quantitative estimate of drug-likeness (QED) is 0.616. The summed E-state index contributed by atoms with van der Waals surface area (Å²) in [4.78, 5) is 24.4. The number of aliphatic hydroxyl groups is 1. The molecule has 1 saturated carbocycles. The summed E-state index contributed by atoms with van der Waals surface area (Å²) in [6, 6.07) is 14.9. The Kier molecular flexibility index (Phi) is 6.87. The molecular weight excluding hydrogens is 410 g/mol. The van der Waals surface area contributed by atoms with Crippen LogP contribution in [-0.2, 0) is 32.2 Å². The number of amides is 1. The number of benzene rings is 2. The number of hydrogen-bond acceptors (Lipinski definition) is 6. The fraction of sp³-hybridized carbons (Fsp3) is 0.360. The Labute approximate surface area is 187 Å². The smallest absolute Gasteiger partial charge is 0.337 e. The van der Waals surface area contributed by atoms with E-state index in [1.54, 1.807) is 12.1 Å². The van der Waals surface area contributed by atoms with Crippen molar-refractivity contribution in [2.24, 2.45) is 0 Å². The van der Waals surface area contributed by atoms with Crippen LogP contribution in [0.2, 0.25) is 0 Å². The first-order chi connectivity index (χ1) is 15.6. The standard InChI is InChI=1S/C25H27NO6/c1-30-25(29)19-8-6-18(7-9-19)20-12-22(24(28)26-21-10-11-21)32-23(13-20)31-15-17-4-2-16(14-27)3-5-17/h2-9,12,20-21,23,27H,10-11,13-15H2,1H3,(H,26,28)/t20-,23+/m0/s1. The number of allylic oxidation sites excluding steroid dienone is 1. The summed E-state index contributed by atoms with van der Waals surface area (Å²) < 4.78 is 16.6. The molecule has 0 saturated heterocycles. The lowest BCUT2D eigenvalue weighted by atomic mass is 9.92. The molecule has 7 heteroatoms. The highest BCUT2D eigenvalue weighted by Crippen LogP contribution is 2.32. The first-order valence-electron chi connectivity index (χ1n) is 10.7. The topological polar surface area (TPSA) is 94.1 Å². The minimum Gasteiger partial charge on any atom is -0.465 e. The zero-order valence-corrected chi connectivity index (χ0v) is 18.0. The van der Waals surface area contributed by atoms with Gasteiger partial charge >= 0.3 is 5.97 Å². The molecule has 168 valence electrons. The third-order valence-corrected chi connectivity index (χ3v) is 5.60. The van der Waals surface area contributed by atoms with Crippen molar-refractivity contribution < 1.29 is 28.9 Å². The molecule has 4 rings (SSSR count). The zero-order chi connectivity index (χ0) is 22.5. The lowest BCUT2D eigenvalue weighted by Gasteiger charge is -2.29. The van der Waals surface area contributed by atoms with Crippen molar-refractivity contribution in [2.45, 2.75) is 50.7 Å². The maximum Gasteiger partial charge on any atom is 0.337 e. The largest absolute Gasteiger partial charge is 0.465 e. The number of carbonyl (C=O) groups excluding carboxylic acids is 2. The van der Waals surface area contributed by atoms with Gasteiger partial charge in [-0.15, -0.1) is 0 Å². The normalized spacial score (nSPS) is 20.1. The average Bonchev–Trinajstić information content (AvgIpc) is 3.66. The molecule has 1 fully saturated rings. The van der Waals surface area contributed by atoms with Crippen molar-refractivity contribution in [1.29, 1.82) is 0 Å². The van der Waals surface area contributed by atoms with Crippen LogP contribution in [0.4, 0.5) is 0 Å². The van der Waals surface area contributed by atoms with Gasteiger partial charge in [-0.3, -0.25) is 4.79 Å². The number of rotatable bonds is 8. The Balaban J connectivity index is 1.48. The van der Waals surface area contributed by atoms with Gasteiger partial charge in [-0.1, -0.05) is 36.4 Å². The molecule has 2 aromatic rings. The second-order valence-electron chi connectivity index (χ2n) is 8.07. The Bertz CT molecular complexity index is 978. The molecule has 1 heterocycles. The van der Waals surface area contributed by atoms with Crippen LogP contribution in [0.3, 0.4) is 0 Å². The van der Waals surface area contributed by atoms with E-state index in [0.29, 0.717) is 18.6 Å². The van der Waals surface area contributed by atoms with Crippen molar-refractivity contribution in [2.75, 3.05) is 7.11 Å². The number of nitrogens with one attached hydrogen (secondary N) is 1. The van der Waals surface area contributed by atoms with Gasteiger partial charge in [0.1, 0.15) is 0 Å². The molecule has 0 unspecified atom stereocenters. The van der Waals surface area contributed by atoms with Gasteiger partial charge in [-0.05, 0) is 47.7 Å². The lowest BCUT2D eigenvalue weighted by molar-refractivity contribution is -0.150. The summed E-state index contributed by atoms with van der Waals surface area (Å²) in [5.41, 5.74) is 3.21. The lowest BCUT2D eigenvalue weighted by Crippen LogP contribution is -2.33. The van der Waals surface area contributed by atoms with Gasteiger partial charge in [-0.25, -0.2) is 4.79 Å². The second-order valence-corrected chi connectivity index (χ2v) is 8.07. The highest BCUT2D eigenvalue weighted by atomic mass is 16.7. The SMILES string of the molecule is COC(=O)c1ccc([C@H]2C=C(C(=O)NC3CC3)O[C@@H](OCc3ccc(CO)cc3)C2)cc1. The zero-order valence-electron chi connectivity index (χ0n) is 18.0. The third-order valence-electron chi connectivity index (χ3n) is 5.60. The number of aliphatic hydroxyl groups excluding tert-OH is 1. The van der Waals surface area contributed by atoms with Crippen LogP contribution in [0.15, 0.2) is 60.4 Å². The highest BCUT2D eigenvalue weighted by Gasteiger charge is 2.31. The summed E-state index contributed by atoms with van der Waals surface area (Å²) in [5.74, 6) is -0.468. The predicted octanol–water partition coefficient (Wildman–Crippen LogP) is 3.17. The van der Waals surface area contributed by atoms with Gasteiger partial charge in [0.25, 0.3) is 5.91 Å². The minimum absolute atomic E-state index is 0.00637. The number of carbonyl (C=O) groups is 2. The van der Waals surface area contributed by atoms with Gasteiger partial charge in [0.15, 0.2) is 5.76 Å². The van der Waals surface area contributed by atoms with Crippen LogP contribution >= 0.6 is 0 Å². The molecular formula is C25H27NO6. The van der Waals surface area contributed by atoms with E-state index < -0.39 is 12.3 Å². The van der Waals surface area contributed by atoms with Crippen molar-refractivity contribution in [3.8, 4) is 0 Å². The molecule has 2 atom stereocenters. The molecule has 0 bridgehead atoms. The fourth-order valence-electron chi connectivity index (χ4n) is 3.55. The van der Waals surface area contributed by atoms with Crippen LogP contribution in [0.1, 0.15) is 52.2 Å². The third kappa shape index (κ3) is 5.55. The summed E-state index contributed by atoms with van der Waals surface area (Å²) in [6.45, 7) is 0.315. The molecule has 2 aromatic carbocycles. The highest BCUT2D eigenvalue weighted by molar-refractivity contribution is 5.92. The molecule has 7 nitrogen and oxygen atoms in total. The van der Waals surface area contributed by atoms with E-state index in [0.717, 1.165) is 29.5 Å². The van der Waals surface area contributed by atoms with Crippen molar-refractivity contribution in [3.63, 3.8) is 0 Å². The molecule has 0 aromatic heterocycles. The van der Waals surface area contributed by atoms with E-state index >= 15 is 0 Å². The number of esters is 1. The van der Waals surface area contributed by atoms with Crippen LogP contribution in [-0.4, -0.2) is 36.4 Å². The summed E-state index contributed by atoms with van der Waals surface area (Å²) in [5, 5.41) is 12.1. The average molecular weight is 437 g/mol.